The van der Waals surface area contributed by atoms with Gasteiger partial charge in [-0.15, -0.1) is 0 Å². The summed E-state index contributed by atoms with van der Waals surface area (Å²) in [5.41, 5.74) is 1.20. The monoisotopic (exact) mass is 292 g/mol. The zero-order valence-electron chi connectivity index (χ0n) is 12.8. The van der Waals surface area contributed by atoms with Crippen molar-refractivity contribution in [3.63, 3.8) is 0 Å². The molecule has 3 rings (SSSR count). The number of nitrogens with one attached hydrogen (secondary N) is 1. The molecule has 1 N–H and O–H groups in total. The maximum absolute atomic E-state index is 13.1. The molecular formula is C17H25FN2O. The van der Waals surface area contributed by atoms with Crippen molar-refractivity contribution in [2.24, 2.45) is 11.3 Å². The van der Waals surface area contributed by atoms with Crippen LogP contribution in [0, 0.1) is 11.3 Å². The lowest BCUT2D eigenvalue weighted by molar-refractivity contribution is 0.00355. The predicted octanol–water partition coefficient (Wildman–Crippen LogP) is 3.66. The van der Waals surface area contributed by atoms with Crippen molar-refractivity contribution in [1.29, 1.82) is 0 Å². The van der Waals surface area contributed by atoms with E-state index in [1.54, 1.807) is 18.3 Å². The number of hydrogen-bond donors (Lipinski definition) is 1. The molecule has 1 saturated heterocycles. The van der Waals surface area contributed by atoms with Crippen molar-refractivity contribution in [3.8, 4) is 5.88 Å². The van der Waals surface area contributed by atoms with Gasteiger partial charge in [0.1, 0.15) is 6.17 Å². The lowest BCUT2D eigenvalue weighted by Gasteiger charge is -2.52. The molecular weight excluding hydrogens is 267 g/mol. The lowest BCUT2D eigenvalue weighted by Crippen LogP contribution is -2.54. The van der Waals surface area contributed by atoms with Crippen LogP contribution in [-0.4, -0.2) is 24.7 Å². The predicted molar refractivity (Wildman–Crippen MR) is 81.1 cm³/mol. The van der Waals surface area contributed by atoms with E-state index in [4.69, 9.17) is 4.74 Å². The molecule has 0 aromatic carbocycles. The highest BCUT2D eigenvalue weighted by molar-refractivity contribution is 5.19. The smallest absolute Gasteiger partial charge is 0.213 e. The number of halogens is 1. The van der Waals surface area contributed by atoms with Crippen LogP contribution in [0.2, 0.25) is 0 Å². The number of aromatic nitrogens is 1. The Hall–Kier alpha value is -1.16. The maximum atomic E-state index is 13.1. The standard InChI is InChI=1S/C17H25FN2O/c1-13(18)14-4-5-16(20-10-14)21-9-3-8-17(6-2-7-17)15-11-19-12-15/h4-5,10,13,15,19H,2-3,6-9,11-12H2,1H3. The van der Waals surface area contributed by atoms with Crippen LogP contribution in [0.15, 0.2) is 18.3 Å². The minimum absolute atomic E-state index is 0.593. The van der Waals surface area contributed by atoms with Crippen molar-refractivity contribution >= 4 is 0 Å². The van der Waals surface area contributed by atoms with Gasteiger partial charge in [-0.2, -0.15) is 0 Å². The van der Waals surface area contributed by atoms with Gasteiger partial charge in [-0.05, 0) is 63.1 Å². The van der Waals surface area contributed by atoms with Crippen LogP contribution in [-0.2, 0) is 0 Å². The normalized spacial score (nSPS) is 22.2. The molecule has 2 aliphatic rings. The minimum Gasteiger partial charge on any atom is -0.478 e. The number of pyridine rings is 1. The van der Waals surface area contributed by atoms with Crippen molar-refractivity contribution in [1.82, 2.24) is 10.3 Å². The number of nitrogens with zero attached hydrogens (tertiary/aromatic N) is 1. The summed E-state index contributed by atoms with van der Waals surface area (Å²) in [6.07, 6.45) is 7.11. The van der Waals surface area contributed by atoms with Crippen LogP contribution < -0.4 is 10.1 Å². The second-order valence-electron chi connectivity index (χ2n) is 6.57. The molecule has 1 saturated carbocycles. The van der Waals surface area contributed by atoms with Crippen molar-refractivity contribution < 1.29 is 9.13 Å². The maximum Gasteiger partial charge on any atom is 0.213 e. The van der Waals surface area contributed by atoms with E-state index in [0.29, 0.717) is 23.5 Å². The Bertz CT molecular complexity index is 452. The highest BCUT2D eigenvalue weighted by atomic mass is 19.1. The molecule has 1 aliphatic heterocycles. The first kappa shape index (κ1) is 14.8. The SMILES string of the molecule is CC(F)c1ccc(OCCCC2(C3CNC3)CCC2)nc1. The Morgan fingerprint density at radius 1 is 1.43 bits per heavy atom. The summed E-state index contributed by atoms with van der Waals surface area (Å²) in [6, 6.07) is 3.51. The Labute approximate surface area is 126 Å². The van der Waals surface area contributed by atoms with Gasteiger partial charge in [-0.1, -0.05) is 6.42 Å². The summed E-state index contributed by atoms with van der Waals surface area (Å²) in [4.78, 5) is 4.16. The number of hydrogen-bond acceptors (Lipinski definition) is 3. The second-order valence-corrected chi connectivity index (χ2v) is 6.57. The fraction of sp³-hybridized carbons (Fsp3) is 0.706. The summed E-state index contributed by atoms with van der Waals surface area (Å²) in [6.45, 7) is 4.63. The van der Waals surface area contributed by atoms with Crippen LogP contribution in [0.4, 0.5) is 4.39 Å². The summed E-state index contributed by atoms with van der Waals surface area (Å²) >= 11 is 0. The molecule has 1 atom stereocenters. The first-order valence-electron chi connectivity index (χ1n) is 8.13. The summed E-state index contributed by atoms with van der Waals surface area (Å²) in [5, 5.41) is 3.39. The molecule has 2 heterocycles. The molecule has 1 aromatic heterocycles. The number of ether oxygens (including phenoxy) is 1. The molecule has 3 nitrogen and oxygen atoms in total. The van der Waals surface area contributed by atoms with Gasteiger partial charge < -0.3 is 10.1 Å². The van der Waals surface area contributed by atoms with Gasteiger partial charge in [0, 0.05) is 17.8 Å². The average Bonchev–Trinajstić information content (AvgIpc) is 2.38. The molecule has 1 unspecified atom stereocenters. The topological polar surface area (TPSA) is 34.1 Å². The summed E-state index contributed by atoms with van der Waals surface area (Å²) < 4.78 is 18.8. The molecule has 1 aliphatic carbocycles. The molecule has 0 radical (unpaired) electrons. The lowest BCUT2D eigenvalue weighted by atomic mass is 9.57. The highest BCUT2D eigenvalue weighted by Gasteiger charge is 2.45. The zero-order valence-corrected chi connectivity index (χ0v) is 12.8. The van der Waals surface area contributed by atoms with Crippen LogP contribution in [0.5, 0.6) is 5.88 Å². The molecule has 0 spiro atoms. The molecule has 0 amide bonds. The first-order valence-corrected chi connectivity index (χ1v) is 8.13. The van der Waals surface area contributed by atoms with Crippen molar-refractivity contribution in [2.75, 3.05) is 19.7 Å². The quantitative estimate of drug-likeness (QED) is 0.779. The largest absolute Gasteiger partial charge is 0.478 e. The van der Waals surface area contributed by atoms with E-state index in [0.717, 1.165) is 12.3 Å². The number of rotatable bonds is 7. The van der Waals surface area contributed by atoms with Crippen LogP contribution in [0.1, 0.15) is 50.8 Å². The summed E-state index contributed by atoms with van der Waals surface area (Å²) in [7, 11) is 0. The fourth-order valence-corrected chi connectivity index (χ4v) is 3.53. The van der Waals surface area contributed by atoms with Crippen LogP contribution in [0.3, 0.4) is 0 Å². The van der Waals surface area contributed by atoms with Crippen LogP contribution >= 0.6 is 0 Å². The molecule has 21 heavy (non-hydrogen) atoms. The molecule has 0 bridgehead atoms. The third kappa shape index (κ3) is 3.20. The van der Waals surface area contributed by atoms with E-state index in [1.807, 2.05) is 0 Å². The molecule has 116 valence electrons. The van der Waals surface area contributed by atoms with Gasteiger partial charge in [0.2, 0.25) is 5.88 Å². The Morgan fingerprint density at radius 2 is 2.24 bits per heavy atom. The van der Waals surface area contributed by atoms with Crippen LogP contribution in [0.25, 0.3) is 0 Å². The highest BCUT2D eigenvalue weighted by Crippen LogP contribution is 2.51. The number of alkyl halides is 1. The summed E-state index contributed by atoms with van der Waals surface area (Å²) in [5.74, 6) is 1.49. The Balaban J connectivity index is 1.41. The Kier molecular flexibility index (Phi) is 4.43. The van der Waals surface area contributed by atoms with Gasteiger partial charge >= 0.3 is 0 Å². The molecule has 2 fully saturated rings. The molecule has 4 heteroatoms. The van der Waals surface area contributed by atoms with Crippen molar-refractivity contribution in [3.05, 3.63) is 23.9 Å². The van der Waals surface area contributed by atoms with E-state index in [-0.39, 0.29) is 0 Å². The minimum atomic E-state index is -0.971. The van der Waals surface area contributed by atoms with Gasteiger partial charge in [0.15, 0.2) is 0 Å². The average molecular weight is 292 g/mol. The zero-order chi connectivity index (χ0) is 14.7. The van der Waals surface area contributed by atoms with Gasteiger partial charge in [0.25, 0.3) is 0 Å². The van der Waals surface area contributed by atoms with E-state index in [9.17, 15) is 4.39 Å². The third-order valence-electron chi connectivity index (χ3n) is 5.28. The first-order chi connectivity index (χ1) is 10.2. The second kappa shape index (κ2) is 6.30. The van der Waals surface area contributed by atoms with E-state index >= 15 is 0 Å². The van der Waals surface area contributed by atoms with Gasteiger partial charge in [-0.25, -0.2) is 9.37 Å². The molecule has 1 aromatic rings. The fourth-order valence-electron chi connectivity index (χ4n) is 3.53. The van der Waals surface area contributed by atoms with E-state index < -0.39 is 6.17 Å². The van der Waals surface area contributed by atoms with Gasteiger partial charge in [0.05, 0.1) is 6.61 Å². The van der Waals surface area contributed by atoms with Crippen molar-refractivity contribution in [2.45, 2.75) is 45.2 Å². The third-order valence-corrected chi connectivity index (χ3v) is 5.28. The Morgan fingerprint density at radius 3 is 2.71 bits per heavy atom. The van der Waals surface area contributed by atoms with Gasteiger partial charge in [-0.3, -0.25) is 0 Å². The van der Waals surface area contributed by atoms with E-state index in [2.05, 4.69) is 10.3 Å². The van der Waals surface area contributed by atoms with E-state index in [1.165, 1.54) is 45.7 Å².